The molecule has 0 spiro atoms. The number of carbonyl (C=O) groups is 2. The van der Waals surface area contributed by atoms with E-state index in [4.69, 9.17) is 5.14 Å². The molecule has 11 heteroatoms. The number of hydrogen-bond donors (Lipinski definition) is 2. The summed E-state index contributed by atoms with van der Waals surface area (Å²) in [6.07, 6.45) is 3.82. The standard InChI is InChI=1S/C21H30N6O4S/c1-14(2)19(21(29)26-10-4-5-15(3)12-26)27-13-17(24-25-27)11-23-20(28)16-6-8-18(9-7-16)32(22,30)31/h6-9,13-15,19H,4-5,10-12H2,1-3H3,(H,23,28)(H2,22,30,31)/t15?,19-/m0/s1. The van der Waals surface area contributed by atoms with Crippen LogP contribution < -0.4 is 10.5 Å². The van der Waals surface area contributed by atoms with E-state index in [-0.39, 0.29) is 29.2 Å². The number of rotatable bonds is 7. The van der Waals surface area contributed by atoms with Crippen LogP contribution in [0.1, 0.15) is 55.7 Å². The molecule has 2 atom stereocenters. The van der Waals surface area contributed by atoms with E-state index in [9.17, 15) is 18.0 Å². The first kappa shape index (κ1) is 23.9. The Bertz CT molecular complexity index is 1060. The van der Waals surface area contributed by atoms with Crippen molar-refractivity contribution < 1.29 is 18.0 Å². The Morgan fingerprint density at radius 2 is 1.94 bits per heavy atom. The lowest BCUT2D eigenvalue weighted by Gasteiger charge is -2.34. The Morgan fingerprint density at radius 3 is 2.53 bits per heavy atom. The number of primary sulfonamides is 1. The summed E-state index contributed by atoms with van der Waals surface area (Å²) in [4.78, 5) is 27.4. The predicted octanol–water partition coefficient (Wildman–Crippen LogP) is 1.31. The van der Waals surface area contributed by atoms with Crippen molar-refractivity contribution >= 4 is 21.8 Å². The summed E-state index contributed by atoms with van der Waals surface area (Å²) >= 11 is 0. The van der Waals surface area contributed by atoms with Crippen LogP contribution in [-0.2, 0) is 21.4 Å². The van der Waals surface area contributed by atoms with Crippen LogP contribution in [0.5, 0.6) is 0 Å². The van der Waals surface area contributed by atoms with Crippen molar-refractivity contribution in [3.05, 3.63) is 41.7 Å². The van der Waals surface area contributed by atoms with E-state index in [1.165, 1.54) is 24.3 Å². The second kappa shape index (κ2) is 9.78. The molecule has 32 heavy (non-hydrogen) atoms. The Labute approximate surface area is 188 Å². The Balaban J connectivity index is 1.65. The fourth-order valence-corrected chi connectivity index (χ4v) is 4.40. The van der Waals surface area contributed by atoms with Gasteiger partial charge in [-0.1, -0.05) is 26.0 Å². The highest BCUT2D eigenvalue weighted by Gasteiger charge is 2.32. The highest BCUT2D eigenvalue weighted by molar-refractivity contribution is 7.89. The first-order chi connectivity index (χ1) is 15.1. The van der Waals surface area contributed by atoms with E-state index in [1.807, 2.05) is 18.7 Å². The summed E-state index contributed by atoms with van der Waals surface area (Å²) in [7, 11) is -3.82. The zero-order chi connectivity index (χ0) is 23.5. The molecule has 1 aliphatic heterocycles. The third kappa shape index (κ3) is 5.71. The fraction of sp³-hybridized carbons (Fsp3) is 0.524. The van der Waals surface area contributed by atoms with Gasteiger partial charge in [0.2, 0.25) is 15.9 Å². The smallest absolute Gasteiger partial charge is 0.251 e. The Morgan fingerprint density at radius 1 is 1.25 bits per heavy atom. The lowest BCUT2D eigenvalue weighted by Crippen LogP contribution is -2.44. The van der Waals surface area contributed by atoms with Gasteiger partial charge in [0, 0.05) is 18.7 Å². The fourth-order valence-electron chi connectivity index (χ4n) is 3.88. The molecule has 0 saturated carbocycles. The summed E-state index contributed by atoms with van der Waals surface area (Å²) in [6, 6.07) is 4.88. The van der Waals surface area contributed by atoms with Crippen molar-refractivity contribution in [1.82, 2.24) is 25.2 Å². The minimum atomic E-state index is -3.82. The molecule has 10 nitrogen and oxygen atoms in total. The molecule has 0 aliphatic carbocycles. The maximum atomic E-state index is 13.2. The molecule has 174 valence electrons. The van der Waals surface area contributed by atoms with Gasteiger partial charge in [-0.15, -0.1) is 5.10 Å². The minimum absolute atomic E-state index is 0.0289. The van der Waals surface area contributed by atoms with Crippen molar-refractivity contribution in [2.45, 2.75) is 51.1 Å². The van der Waals surface area contributed by atoms with Crippen LogP contribution in [0.3, 0.4) is 0 Å². The molecule has 1 aromatic heterocycles. The van der Waals surface area contributed by atoms with E-state index in [0.29, 0.717) is 17.2 Å². The number of hydrogen-bond acceptors (Lipinski definition) is 6. The van der Waals surface area contributed by atoms with Gasteiger partial charge < -0.3 is 10.2 Å². The SMILES string of the molecule is CC1CCCN(C(=O)[C@H](C(C)C)n2cc(CNC(=O)c3ccc(S(N)(=O)=O)cc3)nn2)C1. The van der Waals surface area contributed by atoms with Crippen LogP contribution in [0.15, 0.2) is 35.4 Å². The normalized spacial score (nSPS) is 17.9. The molecule has 2 amide bonds. The molecular weight excluding hydrogens is 432 g/mol. The maximum Gasteiger partial charge on any atom is 0.251 e. The number of amides is 2. The first-order valence-electron chi connectivity index (χ1n) is 10.7. The number of piperidine rings is 1. The largest absolute Gasteiger partial charge is 0.346 e. The van der Waals surface area contributed by atoms with E-state index in [0.717, 1.165) is 25.9 Å². The summed E-state index contributed by atoms with van der Waals surface area (Å²) in [6.45, 7) is 7.74. The van der Waals surface area contributed by atoms with Crippen LogP contribution in [0.2, 0.25) is 0 Å². The highest BCUT2D eigenvalue weighted by Crippen LogP contribution is 2.24. The summed E-state index contributed by atoms with van der Waals surface area (Å²) in [5.74, 6) is 0.170. The van der Waals surface area contributed by atoms with Gasteiger partial charge in [-0.3, -0.25) is 9.59 Å². The molecule has 3 N–H and O–H groups in total. The van der Waals surface area contributed by atoms with Crippen LogP contribution in [-0.4, -0.2) is 53.2 Å². The maximum absolute atomic E-state index is 13.2. The topological polar surface area (TPSA) is 140 Å². The van der Waals surface area contributed by atoms with E-state index in [2.05, 4.69) is 22.6 Å². The molecule has 2 heterocycles. The van der Waals surface area contributed by atoms with Gasteiger partial charge in [0.05, 0.1) is 17.6 Å². The van der Waals surface area contributed by atoms with Gasteiger partial charge in [-0.2, -0.15) is 0 Å². The Kier molecular flexibility index (Phi) is 7.29. The summed E-state index contributed by atoms with van der Waals surface area (Å²) < 4.78 is 24.2. The molecule has 0 radical (unpaired) electrons. The number of likely N-dealkylation sites (tertiary alicyclic amines) is 1. The molecule has 1 fully saturated rings. The number of nitrogens with one attached hydrogen (secondary N) is 1. The predicted molar refractivity (Wildman–Crippen MR) is 118 cm³/mol. The molecule has 1 aromatic carbocycles. The zero-order valence-corrected chi connectivity index (χ0v) is 19.4. The monoisotopic (exact) mass is 462 g/mol. The molecule has 2 aromatic rings. The third-order valence-corrected chi connectivity index (χ3v) is 6.50. The number of nitrogens with two attached hydrogens (primary N) is 1. The quantitative estimate of drug-likeness (QED) is 0.636. The van der Waals surface area contributed by atoms with Crippen molar-refractivity contribution in [1.29, 1.82) is 0 Å². The number of sulfonamides is 1. The van der Waals surface area contributed by atoms with Gasteiger partial charge in [0.25, 0.3) is 5.91 Å². The minimum Gasteiger partial charge on any atom is -0.346 e. The van der Waals surface area contributed by atoms with Crippen LogP contribution in [0.25, 0.3) is 0 Å². The molecule has 1 unspecified atom stereocenters. The third-order valence-electron chi connectivity index (χ3n) is 5.57. The summed E-state index contributed by atoms with van der Waals surface area (Å²) in [5.41, 5.74) is 0.809. The van der Waals surface area contributed by atoms with Crippen LogP contribution in [0, 0.1) is 11.8 Å². The molecule has 3 rings (SSSR count). The van der Waals surface area contributed by atoms with Crippen molar-refractivity contribution in [3.8, 4) is 0 Å². The average Bonchev–Trinajstić information content (AvgIpc) is 3.19. The van der Waals surface area contributed by atoms with Gasteiger partial charge in [0.1, 0.15) is 11.7 Å². The molecule has 1 saturated heterocycles. The highest BCUT2D eigenvalue weighted by atomic mass is 32.2. The zero-order valence-electron chi connectivity index (χ0n) is 18.6. The van der Waals surface area contributed by atoms with E-state index < -0.39 is 16.1 Å². The van der Waals surface area contributed by atoms with Gasteiger partial charge >= 0.3 is 0 Å². The Hall–Kier alpha value is -2.79. The second-order valence-corrected chi connectivity index (χ2v) is 10.2. The van der Waals surface area contributed by atoms with E-state index in [1.54, 1.807) is 10.9 Å². The van der Waals surface area contributed by atoms with Gasteiger partial charge in [-0.25, -0.2) is 18.2 Å². The van der Waals surface area contributed by atoms with Crippen molar-refractivity contribution in [2.24, 2.45) is 17.0 Å². The van der Waals surface area contributed by atoms with Crippen molar-refractivity contribution in [3.63, 3.8) is 0 Å². The van der Waals surface area contributed by atoms with Crippen molar-refractivity contribution in [2.75, 3.05) is 13.1 Å². The number of nitrogens with zero attached hydrogens (tertiary/aromatic N) is 4. The van der Waals surface area contributed by atoms with Crippen LogP contribution >= 0.6 is 0 Å². The summed E-state index contributed by atoms with van der Waals surface area (Å²) in [5, 5.41) is 16.0. The second-order valence-electron chi connectivity index (χ2n) is 8.66. The average molecular weight is 463 g/mol. The molecule has 1 aliphatic rings. The number of carbonyl (C=O) groups excluding carboxylic acids is 2. The lowest BCUT2D eigenvalue weighted by atomic mass is 9.97. The number of aromatic nitrogens is 3. The first-order valence-corrected chi connectivity index (χ1v) is 12.2. The van der Waals surface area contributed by atoms with Gasteiger partial charge in [0.15, 0.2) is 0 Å². The molecule has 0 bridgehead atoms. The molecular formula is C21H30N6O4S. The lowest BCUT2D eigenvalue weighted by molar-refractivity contribution is -0.138. The van der Waals surface area contributed by atoms with Gasteiger partial charge in [-0.05, 0) is 48.9 Å². The van der Waals surface area contributed by atoms with E-state index >= 15 is 0 Å². The van der Waals surface area contributed by atoms with Crippen LogP contribution in [0.4, 0.5) is 0 Å². The number of benzene rings is 1.